The van der Waals surface area contributed by atoms with Crippen molar-refractivity contribution in [2.45, 2.75) is 25.0 Å². The van der Waals surface area contributed by atoms with E-state index in [1.165, 1.54) is 4.90 Å². The number of amides is 1. The van der Waals surface area contributed by atoms with Crippen molar-refractivity contribution < 1.29 is 19.4 Å². The maximum atomic E-state index is 15.1. The molecule has 1 heterocycles. The highest BCUT2D eigenvalue weighted by atomic mass is 31.2. The van der Waals surface area contributed by atoms with Crippen LogP contribution >= 0.6 is 7.05 Å². The molecule has 2 aliphatic rings. The molecule has 0 saturated heterocycles. The summed E-state index contributed by atoms with van der Waals surface area (Å²) in [6, 6.07) is 49.5. The zero-order chi connectivity index (χ0) is 33.8. The van der Waals surface area contributed by atoms with Gasteiger partial charge in [-0.3, -0.25) is 14.5 Å². The summed E-state index contributed by atoms with van der Waals surface area (Å²) in [5, 5.41) is 13.6. The highest BCUT2D eigenvalue weighted by Gasteiger charge is 2.67. The Labute approximate surface area is 287 Å². The van der Waals surface area contributed by atoms with Gasteiger partial charge in [-0.15, -0.1) is 0 Å². The van der Waals surface area contributed by atoms with Crippen molar-refractivity contribution in [2.24, 2.45) is 21.6 Å². The summed E-state index contributed by atoms with van der Waals surface area (Å²) >= 11 is 0. The van der Waals surface area contributed by atoms with Crippen LogP contribution in [0.3, 0.4) is 0 Å². The second-order valence-corrected chi connectivity index (χ2v) is 15.5. The first kappa shape index (κ1) is 32.6. The van der Waals surface area contributed by atoms with Crippen LogP contribution in [-0.4, -0.2) is 46.5 Å². The fraction of sp³-hybridized carbons (Fsp3) is 0.195. The Kier molecular flexibility index (Phi) is 9.24. The van der Waals surface area contributed by atoms with Gasteiger partial charge in [-0.05, 0) is 11.1 Å². The van der Waals surface area contributed by atoms with E-state index in [-0.39, 0.29) is 31.7 Å². The third-order valence-corrected chi connectivity index (χ3v) is 13.3. The van der Waals surface area contributed by atoms with E-state index >= 15 is 4.79 Å². The van der Waals surface area contributed by atoms with E-state index in [0.29, 0.717) is 0 Å². The number of aliphatic imine (C=N–C) groups is 1. The molecule has 5 aromatic rings. The minimum atomic E-state index is -2.88. The van der Waals surface area contributed by atoms with E-state index in [1.54, 1.807) is 6.92 Å². The lowest BCUT2D eigenvalue weighted by atomic mass is 9.77. The van der Waals surface area contributed by atoms with Gasteiger partial charge in [0.05, 0.1) is 13.7 Å². The number of hydrogen-bond acceptors (Lipinski definition) is 6. The number of carbonyl (C=O) groups is 2. The van der Waals surface area contributed by atoms with Crippen molar-refractivity contribution in [3.63, 3.8) is 0 Å². The standard InChI is InChI=1S/C41H38N3O4P/c1-30-36(27-45)37(32-19-9-3-10-20-32)41(38(30)46)39(47)44(29-48-28-31-17-7-2-8-18-31)40(42-41)43-49(33-21-11-4-12-22-33,34-23-13-5-14-24-34)35-25-15-6-16-26-35/h2-26,30,36-37,45H,27-29H2,1H3/t30-,36-,37+,41-/m0/s1. The number of hydrogen-bond donors (Lipinski definition) is 1. The van der Waals surface area contributed by atoms with Crippen molar-refractivity contribution in [2.75, 3.05) is 13.3 Å². The normalized spacial score (nSPS) is 22.0. The zero-order valence-corrected chi connectivity index (χ0v) is 28.1. The summed E-state index contributed by atoms with van der Waals surface area (Å²) in [6.07, 6.45) is 0. The van der Waals surface area contributed by atoms with Gasteiger partial charge < -0.3 is 9.84 Å². The summed E-state index contributed by atoms with van der Waals surface area (Å²) in [4.78, 5) is 36.2. The zero-order valence-electron chi connectivity index (χ0n) is 27.2. The molecule has 1 aliphatic carbocycles. The molecule has 0 aromatic heterocycles. The molecule has 1 amide bonds. The van der Waals surface area contributed by atoms with Crippen LogP contribution in [0.15, 0.2) is 161 Å². The Morgan fingerprint density at radius 3 is 1.69 bits per heavy atom. The smallest absolute Gasteiger partial charge is 0.267 e. The summed E-state index contributed by atoms with van der Waals surface area (Å²) in [5.41, 5.74) is -0.0758. The molecule has 0 radical (unpaired) electrons. The van der Waals surface area contributed by atoms with Crippen LogP contribution in [0.4, 0.5) is 0 Å². The minimum absolute atomic E-state index is 0.150. The third kappa shape index (κ3) is 5.68. The van der Waals surface area contributed by atoms with Gasteiger partial charge in [-0.2, -0.15) is 0 Å². The number of ketones is 1. The molecule has 8 heteroatoms. The molecule has 1 saturated carbocycles. The van der Waals surface area contributed by atoms with Crippen molar-refractivity contribution in [1.29, 1.82) is 0 Å². The Morgan fingerprint density at radius 2 is 1.20 bits per heavy atom. The Morgan fingerprint density at radius 1 is 0.735 bits per heavy atom. The number of carbonyl (C=O) groups excluding carboxylic acids is 2. The van der Waals surface area contributed by atoms with Crippen LogP contribution in [0.1, 0.15) is 24.0 Å². The van der Waals surface area contributed by atoms with Gasteiger partial charge in [0.1, 0.15) is 6.73 Å². The number of benzene rings is 5. The van der Waals surface area contributed by atoms with E-state index in [9.17, 15) is 9.90 Å². The lowest BCUT2D eigenvalue weighted by molar-refractivity contribution is -0.141. The third-order valence-electron chi connectivity index (χ3n) is 9.73. The van der Waals surface area contributed by atoms with Crippen LogP contribution in [0.25, 0.3) is 0 Å². The second-order valence-electron chi connectivity index (χ2n) is 12.5. The highest BCUT2D eigenvalue weighted by molar-refractivity contribution is 7.87. The van der Waals surface area contributed by atoms with Crippen LogP contribution < -0.4 is 15.9 Å². The van der Waals surface area contributed by atoms with Crippen molar-refractivity contribution in [3.05, 3.63) is 163 Å². The second kappa shape index (κ2) is 13.9. The average molecular weight is 668 g/mol. The maximum absolute atomic E-state index is 15.1. The Bertz CT molecular complexity index is 1900. The SMILES string of the molecule is C[C@@H]1C(=O)[C@@]2(N=C(N=P(c3ccccc3)(c3ccccc3)c3ccccc3)N(COCc3ccccc3)C2=O)[C@H](c2ccccc2)[C@H]1CO. The van der Waals surface area contributed by atoms with Gasteiger partial charge in [0.15, 0.2) is 5.78 Å². The topological polar surface area (TPSA) is 91.6 Å². The molecule has 1 spiro atoms. The van der Waals surface area contributed by atoms with Crippen molar-refractivity contribution in [1.82, 2.24) is 4.90 Å². The average Bonchev–Trinajstić information content (AvgIpc) is 3.56. The van der Waals surface area contributed by atoms with Gasteiger partial charge in [-0.1, -0.05) is 159 Å². The first-order chi connectivity index (χ1) is 24.0. The van der Waals surface area contributed by atoms with Crippen LogP contribution in [0, 0.1) is 11.8 Å². The first-order valence-electron chi connectivity index (χ1n) is 16.5. The first-order valence-corrected chi connectivity index (χ1v) is 18.3. The molecule has 7 nitrogen and oxygen atoms in total. The largest absolute Gasteiger partial charge is 0.396 e. The minimum Gasteiger partial charge on any atom is -0.396 e. The monoisotopic (exact) mass is 667 g/mol. The molecular weight excluding hydrogens is 629 g/mol. The van der Waals surface area contributed by atoms with Gasteiger partial charge in [0.25, 0.3) is 5.91 Å². The number of Topliss-reactive ketones (excluding diaryl/α,β-unsaturated/α-hetero) is 1. The summed E-state index contributed by atoms with van der Waals surface area (Å²) in [7, 11) is -2.88. The van der Waals surface area contributed by atoms with Crippen LogP contribution in [-0.2, 0) is 20.9 Å². The fourth-order valence-electron chi connectivity index (χ4n) is 7.34. The predicted octanol–water partition coefficient (Wildman–Crippen LogP) is 5.89. The Hall–Kier alpha value is -4.94. The van der Waals surface area contributed by atoms with Gasteiger partial charge in [-0.25, -0.2) is 9.74 Å². The van der Waals surface area contributed by atoms with Gasteiger partial charge >= 0.3 is 0 Å². The molecule has 1 aliphatic heterocycles. The number of nitrogens with zero attached hydrogens (tertiary/aromatic N) is 3. The molecule has 49 heavy (non-hydrogen) atoms. The molecule has 7 rings (SSSR count). The number of guanidine groups is 1. The number of aliphatic hydroxyl groups excluding tert-OH is 1. The van der Waals surface area contributed by atoms with E-state index in [4.69, 9.17) is 14.5 Å². The van der Waals surface area contributed by atoms with Crippen LogP contribution in [0.2, 0.25) is 0 Å². The lowest BCUT2D eigenvalue weighted by Crippen LogP contribution is -2.50. The summed E-state index contributed by atoms with van der Waals surface area (Å²) in [5.74, 6) is -2.43. The number of rotatable bonds is 9. The van der Waals surface area contributed by atoms with E-state index < -0.39 is 36.3 Å². The van der Waals surface area contributed by atoms with Crippen molar-refractivity contribution >= 4 is 40.6 Å². The molecule has 4 atom stereocenters. The van der Waals surface area contributed by atoms with E-state index in [0.717, 1.165) is 27.0 Å². The van der Waals surface area contributed by atoms with Gasteiger partial charge in [0, 0.05) is 40.3 Å². The molecule has 1 fully saturated rings. The van der Waals surface area contributed by atoms with Crippen molar-refractivity contribution in [3.8, 4) is 0 Å². The highest BCUT2D eigenvalue weighted by Crippen LogP contribution is 2.54. The molecule has 246 valence electrons. The molecular formula is C41H38N3O4P. The fourth-order valence-corrected chi connectivity index (χ4v) is 10.8. The quantitative estimate of drug-likeness (QED) is 0.157. The molecule has 0 unspecified atom stereocenters. The lowest BCUT2D eigenvalue weighted by Gasteiger charge is -2.29. The number of ether oxygens (including phenoxy) is 1. The maximum Gasteiger partial charge on any atom is 0.267 e. The molecule has 0 bridgehead atoms. The molecule has 5 aromatic carbocycles. The van der Waals surface area contributed by atoms with Gasteiger partial charge in [0.2, 0.25) is 11.5 Å². The van der Waals surface area contributed by atoms with Crippen LogP contribution in [0.5, 0.6) is 0 Å². The van der Waals surface area contributed by atoms with E-state index in [1.807, 2.05) is 115 Å². The molecule has 1 N–H and O–H groups in total. The number of aliphatic hydroxyl groups is 1. The predicted molar refractivity (Wildman–Crippen MR) is 195 cm³/mol. The van der Waals surface area contributed by atoms with E-state index in [2.05, 4.69) is 36.4 Å². The summed E-state index contributed by atoms with van der Waals surface area (Å²) < 4.78 is 11.8. The Balaban J connectivity index is 1.49. The summed E-state index contributed by atoms with van der Waals surface area (Å²) in [6.45, 7) is 1.64.